The third-order valence-electron chi connectivity index (χ3n) is 0.524. The second-order valence-electron chi connectivity index (χ2n) is 1.13. The van der Waals surface area contributed by atoms with Crippen molar-refractivity contribution in [2.75, 3.05) is 0 Å². The van der Waals surface area contributed by atoms with E-state index in [1.807, 2.05) is 0 Å². The van der Waals surface area contributed by atoms with Crippen LogP contribution in [0.4, 0.5) is 0 Å². The topological polar surface area (TPSA) is 0 Å². The molecular weight excluding hydrogens is 190 g/mol. The number of rotatable bonds is 0. The maximum atomic E-state index is 5.41. The highest BCUT2D eigenvalue weighted by atomic mass is 35.6. The maximum Gasteiger partial charge on any atom is 0.225 e. The lowest BCUT2D eigenvalue weighted by atomic mass is 10.6. The van der Waals surface area contributed by atoms with Crippen LogP contribution >= 0.6 is 46.4 Å². The molecular formula is C4H4Cl4. The van der Waals surface area contributed by atoms with Crippen LogP contribution in [0.15, 0.2) is 11.1 Å². The van der Waals surface area contributed by atoms with Crippen molar-refractivity contribution >= 4 is 46.4 Å². The van der Waals surface area contributed by atoms with E-state index in [-0.39, 0.29) is 5.03 Å². The highest BCUT2D eigenvalue weighted by Crippen LogP contribution is 2.36. The summed E-state index contributed by atoms with van der Waals surface area (Å²) >= 11 is 21.3. The molecule has 0 aromatic rings. The lowest BCUT2D eigenvalue weighted by Crippen LogP contribution is -2.00. The summed E-state index contributed by atoms with van der Waals surface area (Å²) in [7, 11) is 0. The van der Waals surface area contributed by atoms with Crippen molar-refractivity contribution in [2.24, 2.45) is 0 Å². The molecule has 0 aliphatic heterocycles. The summed E-state index contributed by atoms with van der Waals surface area (Å²) in [5, 5.41) is 0.225. The van der Waals surface area contributed by atoms with Crippen molar-refractivity contribution in [3.05, 3.63) is 11.1 Å². The molecule has 0 amide bonds. The van der Waals surface area contributed by atoms with Crippen LogP contribution in [0.5, 0.6) is 0 Å². The fourth-order valence-corrected chi connectivity index (χ4v) is 0.491. The second-order valence-corrected chi connectivity index (χ2v) is 3.82. The van der Waals surface area contributed by atoms with Gasteiger partial charge in [0.15, 0.2) is 0 Å². The summed E-state index contributed by atoms with van der Waals surface area (Å²) in [6, 6.07) is 0. The molecule has 0 aromatic carbocycles. The number of allylic oxidation sites excluding steroid dienone is 2. The van der Waals surface area contributed by atoms with Crippen LogP contribution < -0.4 is 0 Å². The van der Waals surface area contributed by atoms with Gasteiger partial charge in [-0.2, -0.15) is 0 Å². The normalized spacial score (nSPS) is 14.4. The minimum absolute atomic E-state index is 0.225. The van der Waals surface area contributed by atoms with E-state index in [4.69, 9.17) is 46.4 Å². The van der Waals surface area contributed by atoms with Gasteiger partial charge in [-0.25, -0.2) is 0 Å². The zero-order valence-corrected chi connectivity index (χ0v) is 7.11. The van der Waals surface area contributed by atoms with Crippen LogP contribution in [0.25, 0.3) is 0 Å². The van der Waals surface area contributed by atoms with Gasteiger partial charge in [0.1, 0.15) is 0 Å². The zero-order chi connectivity index (χ0) is 6.78. The third kappa shape index (κ3) is 3.03. The fourth-order valence-electron chi connectivity index (χ4n) is 0.164. The molecule has 0 radical (unpaired) electrons. The molecule has 0 aliphatic carbocycles. The van der Waals surface area contributed by atoms with Crippen LogP contribution in [0.1, 0.15) is 6.92 Å². The molecule has 0 nitrogen and oxygen atoms in total. The summed E-state index contributed by atoms with van der Waals surface area (Å²) in [5.41, 5.74) is 0. The average molecular weight is 194 g/mol. The van der Waals surface area contributed by atoms with E-state index in [0.717, 1.165) is 0 Å². The van der Waals surface area contributed by atoms with Crippen molar-refractivity contribution in [3.8, 4) is 0 Å². The molecule has 0 aromatic heterocycles. The molecule has 48 valence electrons. The number of alkyl halides is 3. The van der Waals surface area contributed by atoms with Crippen molar-refractivity contribution in [3.63, 3.8) is 0 Å². The summed E-state index contributed by atoms with van der Waals surface area (Å²) in [6.07, 6.45) is 1.54. The van der Waals surface area contributed by atoms with Gasteiger partial charge >= 0.3 is 0 Å². The minimum Gasteiger partial charge on any atom is -0.0848 e. The minimum atomic E-state index is -1.45. The number of halogens is 4. The molecule has 0 N–H and O–H groups in total. The van der Waals surface area contributed by atoms with Crippen LogP contribution in [0.3, 0.4) is 0 Å². The first-order chi connectivity index (χ1) is 3.48. The Morgan fingerprint density at radius 1 is 1.38 bits per heavy atom. The van der Waals surface area contributed by atoms with E-state index in [9.17, 15) is 0 Å². The molecule has 0 spiro atoms. The van der Waals surface area contributed by atoms with Gasteiger partial charge in [0.2, 0.25) is 3.79 Å². The smallest absolute Gasteiger partial charge is 0.0848 e. The standard InChI is InChI=1S/C4H4Cl4/c1-2-3(5)4(6,7)8/h2H,1H3. The fraction of sp³-hybridized carbons (Fsp3) is 0.500. The first-order valence-electron chi connectivity index (χ1n) is 1.87. The quantitative estimate of drug-likeness (QED) is 0.517. The Labute approximate surface area is 68.4 Å². The van der Waals surface area contributed by atoms with Crippen LogP contribution in [0, 0.1) is 0 Å². The first-order valence-corrected chi connectivity index (χ1v) is 3.38. The predicted molar refractivity (Wildman–Crippen MR) is 39.9 cm³/mol. The third-order valence-corrected chi connectivity index (χ3v) is 1.93. The van der Waals surface area contributed by atoms with Crippen molar-refractivity contribution in [2.45, 2.75) is 10.7 Å². The van der Waals surface area contributed by atoms with Gasteiger partial charge in [-0.1, -0.05) is 52.5 Å². The Morgan fingerprint density at radius 2 is 1.75 bits per heavy atom. The van der Waals surface area contributed by atoms with Crippen LogP contribution in [-0.4, -0.2) is 3.79 Å². The highest BCUT2D eigenvalue weighted by molar-refractivity contribution is 6.72. The number of hydrogen-bond donors (Lipinski definition) is 0. The Bertz CT molecular complexity index is 99.1. The molecule has 0 rings (SSSR count). The largest absolute Gasteiger partial charge is 0.225 e. The molecule has 0 fully saturated rings. The lowest BCUT2D eigenvalue weighted by Gasteiger charge is -2.06. The molecule has 0 aliphatic rings. The molecule has 0 saturated heterocycles. The van der Waals surface area contributed by atoms with Gasteiger partial charge in [0.05, 0.1) is 5.03 Å². The Kier molecular flexibility index (Phi) is 3.52. The van der Waals surface area contributed by atoms with E-state index in [0.29, 0.717) is 0 Å². The number of hydrogen-bond acceptors (Lipinski definition) is 0. The van der Waals surface area contributed by atoms with Gasteiger partial charge in [0, 0.05) is 0 Å². The molecule has 4 heteroatoms. The molecule has 8 heavy (non-hydrogen) atoms. The van der Waals surface area contributed by atoms with Gasteiger partial charge in [-0.15, -0.1) is 0 Å². The first kappa shape index (κ1) is 8.90. The average Bonchev–Trinajstić information content (AvgIpc) is 1.62. The van der Waals surface area contributed by atoms with E-state index in [1.54, 1.807) is 6.92 Å². The zero-order valence-electron chi connectivity index (χ0n) is 4.09. The van der Waals surface area contributed by atoms with E-state index in [2.05, 4.69) is 0 Å². The monoisotopic (exact) mass is 192 g/mol. The van der Waals surface area contributed by atoms with Gasteiger partial charge in [-0.3, -0.25) is 0 Å². The Hall–Kier alpha value is 0.900. The molecule has 0 bridgehead atoms. The van der Waals surface area contributed by atoms with Crippen LogP contribution in [0.2, 0.25) is 0 Å². The molecule has 0 saturated carbocycles. The van der Waals surface area contributed by atoms with E-state index < -0.39 is 3.79 Å². The Balaban J connectivity index is 4.03. The summed E-state index contributed by atoms with van der Waals surface area (Å²) in [5.74, 6) is 0. The molecule has 0 atom stereocenters. The molecule has 0 unspecified atom stereocenters. The summed E-state index contributed by atoms with van der Waals surface area (Å²) in [6.45, 7) is 1.70. The highest BCUT2D eigenvalue weighted by Gasteiger charge is 2.22. The maximum absolute atomic E-state index is 5.41. The van der Waals surface area contributed by atoms with Crippen molar-refractivity contribution in [1.29, 1.82) is 0 Å². The van der Waals surface area contributed by atoms with Crippen molar-refractivity contribution in [1.82, 2.24) is 0 Å². The predicted octanol–water partition coefficient (Wildman–Crippen LogP) is 3.50. The summed E-state index contributed by atoms with van der Waals surface area (Å²) in [4.78, 5) is 0. The lowest BCUT2D eigenvalue weighted by molar-refractivity contribution is 1.39. The SMILES string of the molecule is CC=C(Cl)C(Cl)(Cl)Cl. The second kappa shape index (κ2) is 3.17. The van der Waals surface area contributed by atoms with E-state index >= 15 is 0 Å². The van der Waals surface area contributed by atoms with Crippen LogP contribution in [-0.2, 0) is 0 Å². The Morgan fingerprint density at radius 3 is 1.75 bits per heavy atom. The van der Waals surface area contributed by atoms with Gasteiger partial charge in [-0.05, 0) is 6.92 Å². The van der Waals surface area contributed by atoms with Gasteiger partial charge in [0.25, 0.3) is 0 Å². The van der Waals surface area contributed by atoms with Gasteiger partial charge < -0.3 is 0 Å². The molecule has 0 heterocycles. The van der Waals surface area contributed by atoms with Crippen molar-refractivity contribution < 1.29 is 0 Å². The van der Waals surface area contributed by atoms with E-state index in [1.165, 1.54) is 6.08 Å². The summed E-state index contributed by atoms with van der Waals surface area (Å²) < 4.78 is -1.45.